The van der Waals surface area contributed by atoms with Gasteiger partial charge in [-0.3, -0.25) is 9.47 Å². The van der Waals surface area contributed by atoms with Crippen molar-refractivity contribution in [3.8, 4) is 5.69 Å². The molecule has 0 amide bonds. The highest BCUT2D eigenvalue weighted by atomic mass is 32.1. The molecule has 0 radical (unpaired) electrons. The van der Waals surface area contributed by atoms with Crippen LogP contribution in [-0.2, 0) is 0 Å². The van der Waals surface area contributed by atoms with Gasteiger partial charge < -0.3 is 10.6 Å². The average Bonchev–Trinajstić information content (AvgIpc) is 3.41. The first-order valence-corrected chi connectivity index (χ1v) is 11.3. The Labute approximate surface area is 185 Å². The fourth-order valence-electron chi connectivity index (χ4n) is 3.56. The van der Waals surface area contributed by atoms with Gasteiger partial charge in [-0.05, 0) is 45.2 Å². The highest BCUT2D eigenvalue weighted by Crippen LogP contribution is 2.25. The number of nitrogens with one attached hydrogen (secondary N) is 2. The molecule has 0 saturated carbocycles. The summed E-state index contributed by atoms with van der Waals surface area (Å²) in [6, 6.07) is 4.77. The highest BCUT2D eigenvalue weighted by Gasteiger charge is 2.17. The molecular weight excluding hydrogens is 410 g/mol. The molecule has 0 aliphatic rings. The fraction of sp³-hybridized carbons (Fsp3) is 0.381. The Morgan fingerprint density at radius 3 is 2.61 bits per heavy atom. The Morgan fingerprint density at radius 2 is 1.94 bits per heavy atom. The molecule has 0 atom stereocenters. The third-order valence-corrected chi connectivity index (χ3v) is 5.66. The summed E-state index contributed by atoms with van der Waals surface area (Å²) in [5.74, 6) is 1.78. The van der Waals surface area contributed by atoms with Gasteiger partial charge in [0, 0.05) is 36.8 Å². The van der Waals surface area contributed by atoms with Gasteiger partial charge in [0.25, 0.3) is 0 Å². The maximum Gasteiger partial charge on any atom is 0.232 e. The number of imidazole rings is 1. The molecule has 31 heavy (non-hydrogen) atoms. The van der Waals surface area contributed by atoms with Crippen LogP contribution in [0.2, 0.25) is 0 Å². The predicted octanol–water partition coefficient (Wildman–Crippen LogP) is 3.94. The van der Waals surface area contributed by atoms with Crippen LogP contribution in [0.3, 0.4) is 0 Å². The molecule has 0 aliphatic heterocycles. The standard InChI is InChI=1S/C21H27N9S/c1-14(2)29(15(3)4)9-8-23-19-18-20(30(13-25-18)16-6-10-31-11-16)28-21(27-19)26-17-5-7-22-12-24-17/h5-7,10-15H,8-9H2,1-4H3,(H2,22,23,24,26,27,28). The zero-order valence-corrected chi connectivity index (χ0v) is 19.0. The van der Waals surface area contributed by atoms with Crippen molar-refractivity contribution in [2.75, 3.05) is 23.7 Å². The van der Waals surface area contributed by atoms with Crippen molar-refractivity contribution < 1.29 is 0 Å². The number of thiophene rings is 1. The second-order valence-corrected chi connectivity index (χ2v) is 8.52. The van der Waals surface area contributed by atoms with Crippen LogP contribution in [0.15, 0.2) is 41.7 Å². The first-order valence-electron chi connectivity index (χ1n) is 10.3. The fourth-order valence-corrected chi connectivity index (χ4v) is 4.19. The molecule has 2 N–H and O–H groups in total. The molecule has 9 nitrogen and oxygen atoms in total. The van der Waals surface area contributed by atoms with E-state index in [2.05, 4.69) is 63.6 Å². The van der Waals surface area contributed by atoms with Crippen molar-refractivity contribution in [2.45, 2.75) is 39.8 Å². The van der Waals surface area contributed by atoms with Crippen LogP contribution in [0, 0.1) is 0 Å². The lowest BCUT2D eigenvalue weighted by molar-refractivity contribution is 0.182. The first-order chi connectivity index (χ1) is 15.0. The van der Waals surface area contributed by atoms with Crippen molar-refractivity contribution in [3.05, 3.63) is 41.7 Å². The van der Waals surface area contributed by atoms with Gasteiger partial charge in [-0.1, -0.05) is 0 Å². The van der Waals surface area contributed by atoms with E-state index in [0.717, 1.165) is 29.9 Å². The Morgan fingerprint density at radius 1 is 1.10 bits per heavy atom. The third-order valence-electron chi connectivity index (χ3n) is 4.99. The molecule has 162 valence electrons. The summed E-state index contributed by atoms with van der Waals surface area (Å²) in [5, 5.41) is 10.7. The molecule has 0 unspecified atom stereocenters. The maximum absolute atomic E-state index is 4.72. The lowest BCUT2D eigenvalue weighted by Crippen LogP contribution is -2.40. The number of aromatic nitrogens is 6. The molecule has 0 aromatic carbocycles. The summed E-state index contributed by atoms with van der Waals surface area (Å²) >= 11 is 1.63. The number of hydrogen-bond acceptors (Lipinski definition) is 9. The summed E-state index contributed by atoms with van der Waals surface area (Å²) in [6.45, 7) is 10.5. The van der Waals surface area contributed by atoms with E-state index >= 15 is 0 Å². The van der Waals surface area contributed by atoms with E-state index in [1.165, 1.54) is 6.33 Å². The number of anilines is 3. The van der Waals surface area contributed by atoms with E-state index in [0.29, 0.717) is 29.7 Å². The highest BCUT2D eigenvalue weighted by molar-refractivity contribution is 7.08. The van der Waals surface area contributed by atoms with E-state index < -0.39 is 0 Å². The number of hydrogen-bond donors (Lipinski definition) is 2. The van der Waals surface area contributed by atoms with Gasteiger partial charge in [0.2, 0.25) is 5.95 Å². The second kappa shape index (κ2) is 9.36. The van der Waals surface area contributed by atoms with Crippen molar-refractivity contribution in [2.24, 2.45) is 0 Å². The molecular formula is C21H27N9S. The van der Waals surface area contributed by atoms with Gasteiger partial charge in [-0.25, -0.2) is 15.0 Å². The van der Waals surface area contributed by atoms with Crippen molar-refractivity contribution >= 4 is 40.1 Å². The smallest absolute Gasteiger partial charge is 0.232 e. The van der Waals surface area contributed by atoms with Crippen LogP contribution in [0.1, 0.15) is 27.7 Å². The summed E-state index contributed by atoms with van der Waals surface area (Å²) in [5.41, 5.74) is 2.49. The van der Waals surface area contributed by atoms with Gasteiger partial charge in [0.05, 0.1) is 5.69 Å². The van der Waals surface area contributed by atoms with E-state index in [1.54, 1.807) is 29.9 Å². The predicted molar refractivity (Wildman–Crippen MR) is 125 cm³/mol. The van der Waals surface area contributed by atoms with E-state index in [9.17, 15) is 0 Å². The Bertz CT molecular complexity index is 1100. The van der Waals surface area contributed by atoms with Crippen LogP contribution in [0.4, 0.5) is 17.6 Å². The minimum absolute atomic E-state index is 0.454. The van der Waals surface area contributed by atoms with Gasteiger partial charge in [0.15, 0.2) is 17.0 Å². The van der Waals surface area contributed by atoms with E-state index in [1.807, 2.05) is 16.0 Å². The Hall–Kier alpha value is -3.11. The third kappa shape index (κ3) is 4.80. The largest absolute Gasteiger partial charge is 0.367 e. The van der Waals surface area contributed by atoms with Crippen LogP contribution in [0.25, 0.3) is 16.9 Å². The number of fused-ring (bicyclic) bond motifs is 1. The lowest BCUT2D eigenvalue weighted by atomic mass is 10.2. The molecule has 0 bridgehead atoms. The molecule has 10 heteroatoms. The number of nitrogens with zero attached hydrogens (tertiary/aromatic N) is 7. The molecule has 0 fully saturated rings. The Balaban J connectivity index is 1.66. The van der Waals surface area contributed by atoms with Crippen molar-refractivity contribution in [3.63, 3.8) is 0 Å². The molecule has 0 saturated heterocycles. The zero-order valence-electron chi connectivity index (χ0n) is 18.1. The van der Waals surface area contributed by atoms with Gasteiger partial charge in [-0.15, -0.1) is 0 Å². The lowest BCUT2D eigenvalue weighted by Gasteiger charge is -2.30. The van der Waals surface area contributed by atoms with Crippen molar-refractivity contribution in [1.29, 1.82) is 0 Å². The second-order valence-electron chi connectivity index (χ2n) is 7.74. The van der Waals surface area contributed by atoms with Gasteiger partial charge in [0.1, 0.15) is 18.5 Å². The summed E-state index contributed by atoms with van der Waals surface area (Å²) in [4.78, 5) is 24.6. The van der Waals surface area contributed by atoms with Crippen molar-refractivity contribution in [1.82, 2.24) is 34.4 Å². The summed E-state index contributed by atoms with van der Waals surface area (Å²) in [6.07, 6.45) is 4.95. The monoisotopic (exact) mass is 437 g/mol. The number of rotatable bonds is 9. The molecule has 0 aliphatic carbocycles. The van der Waals surface area contributed by atoms with E-state index in [4.69, 9.17) is 9.97 Å². The van der Waals surface area contributed by atoms with Crippen LogP contribution in [0.5, 0.6) is 0 Å². The SMILES string of the molecule is CC(C)N(CCNc1nc(Nc2ccncn2)nc2c1ncn2-c1ccsc1)C(C)C. The molecule has 4 rings (SSSR count). The average molecular weight is 438 g/mol. The minimum Gasteiger partial charge on any atom is -0.367 e. The molecule has 4 aromatic rings. The van der Waals surface area contributed by atoms with Crippen LogP contribution < -0.4 is 10.6 Å². The van der Waals surface area contributed by atoms with Gasteiger partial charge >= 0.3 is 0 Å². The minimum atomic E-state index is 0.454. The summed E-state index contributed by atoms with van der Waals surface area (Å²) in [7, 11) is 0. The zero-order chi connectivity index (χ0) is 21.8. The van der Waals surface area contributed by atoms with Gasteiger partial charge in [-0.2, -0.15) is 21.3 Å². The Kier molecular flexibility index (Phi) is 6.38. The topological polar surface area (TPSA) is 96.7 Å². The first kappa shape index (κ1) is 21.1. The van der Waals surface area contributed by atoms with E-state index in [-0.39, 0.29) is 0 Å². The molecule has 4 heterocycles. The van der Waals surface area contributed by atoms with Crippen LogP contribution >= 0.6 is 11.3 Å². The van der Waals surface area contributed by atoms with Crippen LogP contribution in [-0.4, -0.2) is 59.6 Å². The molecule has 0 spiro atoms. The molecule has 4 aromatic heterocycles. The normalized spacial score (nSPS) is 11.7. The quantitative estimate of drug-likeness (QED) is 0.406. The maximum atomic E-state index is 4.72. The summed E-state index contributed by atoms with van der Waals surface area (Å²) < 4.78 is 1.97.